The van der Waals surface area contributed by atoms with Crippen molar-refractivity contribution in [2.45, 2.75) is 13.2 Å². The fourth-order valence-electron chi connectivity index (χ4n) is 1.26. The molecule has 0 heterocycles. The zero-order chi connectivity index (χ0) is 11.3. The topological polar surface area (TPSA) is 61.5 Å². The lowest BCUT2D eigenvalue weighted by Crippen LogP contribution is -2.33. The lowest BCUT2D eigenvalue weighted by atomic mass is 10.1. The first-order chi connectivity index (χ1) is 7.20. The molecule has 1 rings (SSSR count). The summed E-state index contributed by atoms with van der Waals surface area (Å²) in [5.41, 5.74) is 6.00. The fourth-order valence-corrected chi connectivity index (χ4v) is 1.26. The van der Waals surface area contributed by atoms with Crippen LogP contribution >= 0.6 is 0 Å². The predicted octanol–water partition coefficient (Wildman–Crippen LogP) is 1.20. The van der Waals surface area contributed by atoms with Crippen LogP contribution < -0.4 is 10.5 Å². The van der Waals surface area contributed by atoms with Gasteiger partial charge >= 0.3 is 0 Å². The Balaban J connectivity index is 2.90. The van der Waals surface area contributed by atoms with Crippen molar-refractivity contribution in [2.75, 3.05) is 13.7 Å². The Hall–Kier alpha value is -1.39. The minimum Gasteiger partial charge on any atom is -0.496 e. The molecule has 0 aliphatic carbocycles. The number of benzene rings is 1. The van der Waals surface area contributed by atoms with Gasteiger partial charge in [0.2, 0.25) is 5.78 Å². The molecular formula is C11H15NO3. The molecule has 0 saturated carbocycles. The molecule has 0 aliphatic rings. The monoisotopic (exact) mass is 209 g/mol. The van der Waals surface area contributed by atoms with Crippen LogP contribution in [0.1, 0.15) is 17.3 Å². The summed E-state index contributed by atoms with van der Waals surface area (Å²) in [6.07, 6.45) is -0.925. The zero-order valence-corrected chi connectivity index (χ0v) is 8.90. The van der Waals surface area contributed by atoms with Gasteiger partial charge in [0.1, 0.15) is 5.75 Å². The smallest absolute Gasteiger partial charge is 0.209 e. The quantitative estimate of drug-likeness (QED) is 0.584. The van der Waals surface area contributed by atoms with Crippen LogP contribution in [-0.2, 0) is 4.74 Å². The van der Waals surface area contributed by atoms with Crippen LogP contribution in [0.3, 0.4) is 0 Å². The van der Waals surface area contributed by atoms with Crippen LogP contribution in [0.15, 0.2) is 24.3 Å². The molecule has 0 amide bonds. The summed E-state index contributed by atoms with van der Waals surface area (Å²) in [5.74, 6) is 0.243. The van der Waals surface area contributed by atoms with Gasteiger partial charge in [-0.2, -0.15) is 0 Å². The molecule has 0 bridgehead atoms. The molecular weight excluding hydrogens is 194 g/mol. The van der Waals surface area contributed by atoms with E-state index in [1.165, 1.54) is 7.11 Å². The summed E-state index contributed by atoms with van der Waals surface area (Å²) in [7, 11) is 1.51. The van der Waals surface area contributed by atoms with Gasteiger partial charge < -0.3 is 9.47 Å². The van der Waals surface area contributed by atoms with Gasteiger partial charge in [0.15, 0.2) is 6.23 Å². The third-order valence-electron chi connectivity index (χ3n) is 1.98. The Morgan fingerprint density at radius 2 is 2.13 bits per heavy atom. The molecule has 82 valence electrons. The molecule has 0 spiro atoms. The number of methoxy groups -OCH3 is 1. The van der Waals surface area contributed by atoms with Crippen molar-refractivity contribution in [2.24, 2.45) is 5.73 Å². The molecule has 0 fully saturated rings. The maximum absolute atomic E-state index is 11.8. The van der Waals surface area contributed by atoms with E-state index in [9.17, 15) is 4.79 Å². The standard InChI is InChI=1S/C11H15NO3/c1-3-15-11(12)10(13)8-6-4-5-7-9(8)14-2/h4-7,11H,3,12H2,1-2H3. The van der Waals surface area contributed by atoms with E-state index in [2.05, 4.69) is 0 Å². The molecule has 15 heavy (non-hydrogen) atoms. The Morgan fingerprint density at radius 3 is 2.73 bits per heavy atom. The van der Waals surface area contributed by atoms with Crippen molar-refractivity contribution < 1.29 is 14.3 Å². The average molecular weight is 209 g/mol. The second-order valence-electron chi connectivity index (χ2n) is 2.94. The lowest BCUT2D eigenvalue weighted by molar-refractivity contribution is 0.0477. The Bertz CT molecular complexity index is 338. The molecule has 4 nitrogen and oxygen atoms in total. The van der Waals surface area contributed by atoms with Crippen LogP contribution in [0.2, 0.25) is 0 Å². The third-order valence-corrected chi connectivity index (χ3v) is 1.98. The lowest BCUT2D eigenvalue weighted by Gasteiger charge is -2.12. The second-order valence-corrected chi connectivity index (χ2v) is 2.94. The van der Waals surface area contributed by atoms with Crippen LogP contribution in [-0.4, -0.2) is 25.7 Å². The largest absolute Gasteiger partial charge is 0.496 e. The Kier molecular flexibility index (Phi) is 4.27. The van der Waals surface area contributed by atoms with Crippen molar-refractivity contribution in [3.05, 3.63) is 29.8 Å². The van der Waals surface area contributed by atoms with E-state index in [-0.39, 0.29) is 5.78 Å². The predicted molar refractivity (Wildman–Crippen MR) is 56.9 cm³/mol. The number of para-hydroxylation sites is 1. The Morgan fingerprint density at radius 1 is 1.47 bits per heavy atom. The first-order valence-electron chi connectivity index (χ1n) is 4.75. The minimum atomic E-state index is -0.925. The highest BCUT2D eigenvalue weighted by Gasteiger charge is 2.18. The van der Waals surface area contributed by atoms with Gasteiger partial charge in [0.05, 0.1) is 12.7 Å². The van der Waals surface area contributed by atoms with Crippen LogP contribution in [0.5, 0.6) is 5.75 Å². The highest BCUT2D eigenvalue weighted by atomic mass is 16.5. The number of hydrogen-bond acceptors (Lipinski definition) is 4. The molecule has 1 aromatic carbocycles. The number of ketones is 1. The Labute approximate surface area is 89.0 Å². The first-order valence-corrected chi connectivity index (χ1v) is 4.75. The van der Waals surface area contributed by atoms with E-state index in [1.807, 2.05) is 0 Å². The maximum Gasteiger partial charge on any atom is 0.209 e. The fraction of sp³-hybridized carbons (Fsp3) is 0.364. The normalized spacial score (nSPS) is 12.2. The van der Waals surface area contributed by atoms with Gasteiger partial charge in [0.25, 0.3) is 0 Å². The van der Waals surface area contributed by atoms with E-state index in [1.54, 1.807) is 31.2 Å². The number of carbonyl (C=O) groups excluding carboxylic acids is 1. The zero-order valence-electron chi connectivity index (χ0n) is 8.90. The molecule has 1 aromatic rings. The third kappa shape index (κ3) is 2.78. The van der Waals surface area contributed by atoms with Crippen molar-refractivity contribution in [3.63, 3.8) is 0 Å². The van der Waals surface area contributed by atoms with Crippen LogP contribution in [0.4, 0.5) is 0 Å². The first kappa shape index (κ1) is 11.7. The van der Waals surface area contributed by atoms with Gasteiger partial charge in [-0.15, -0.1) is 0 Å². The van der Waals surface area contributed by atoms with Crippen LogP contribution in [0.25, 0.3) is 0 Å². The van der Waals surface area contributed by atoms with E-state index in [0.29, 0.717) is 17.9 Å². The summed E-state index contributed by atoms with van der Waals surface area (Å²) >= 11 is 0. The average Bonchev–Trinajstić information content (AvgIpc) is 2.28. The summed E-state index contributed by atoms with van der Waals surface area (Å²) < 4.78 is 10.1. The van der Waals surface area contributed by atoms with Crippen molar-refractivity contribution in [3.8, 4) is 5.75 Å². The van der Waals surface area contributed by atoms with E-state index in [4.69, 9.17) is 15.2 Å². The van der Waals surface area contributed by atoms with Gasteiger partial charge in [-0.05, 0) is 19.1 Å². The maximum atomic E-state index is 11.8. The number of carbonyl (C=O) groups is 1. The number of hydrogen-bond donors (Lipinski definition) is 1. The molecule has 0 aromatic heterocycles. The molecule has 4 heteroatoms. The van der Waals surface area contributed by atoms with Gasteiger partial charge in [-0.1, -0.05) is 12.1 Å². The number of ether oxygens (including phenoxy) is 2. The minimum absolute atomic E-state index is 0.269. The number of Topliss-reactive ketones (excluding diaryl/α,β-unsaturated/α-hetero) is 1. The highest BCUT2D eigenvalue weighted by Crippen LogP contribution is 2.18. The molecule has 1 unspecified atom stereocenters. The summed E-state index contributed by atoms with van der Waals surface area (Å²) in [5, 5.41) is 0. The molecule has 0 radical (unpaired) electrons. The molecule has 0 saturated heterocycles. The summed E-state index contributed by atoms with van der Waals surface area (Å²) in [4.78, 5) is 11.8. The van der Waals surface area contributed by atoms with E-state index in [0.717, 1.165) is 0 Å². The SMILES string of the molecule is CCOC(N)C(=O)c1ccccc1OC. The van der Waals surface area contributed by atoms with Gasteiger partial charge in [-0.25, -0.2) is 0 Å². The number of nitrogens with two attached hydrogens (primary N) is 1. The molecule has 0 aliphatic heterocycles. The summed E-state index contributed by atoms with van der Waals surface area (Å²) in [6, 6.07) is 6.93. The van der Waals surface area contributed by atoms with Crippen molar-refractivity contribution in [1.82, 2.24) is 0 Å². The van der Waals surface area contributed by atoms with E-state index >= 15 is 0 Å². The molecule has 2 N–H and O–H groups in total. The van der Waals surface area contributed by atoms with E-state index < -0.39 is 6.23 Å². The number of rotatable bonds is 5. The van der Waals surface area contributed by atoms with Crippen LogP contribution in [0, 0.1) is 0 Å². The van der Waals surface area contributed by atoms with Crippen molar-refractivity contribution in [1.29, 1.82) is 0 Å². The second kappa shape index (κ2) is 5.48. The van der Waals surface area contributed by atoms with Crippen molar-refractivity contribution >= 4 is 5.78 Å². The molecule has 1 atom stereocenters. The van der Waals surface area contributed by atoms with Gasteiger partial charge in [-0.3, -0.25) is 10.5 Å². The summed E-state index contributed by atoms with van der Waals surface area (Å²) in [6.45, 7) is 2.19. The highest BCUT2D eigenvalue weighted by molar-refractivity contribution is 6.01. The van der Waals surface area contributed by atoms with Gasteiger partial charge in [0, 0.05) is 6.61 Å².